The van der Waals surface area contributed by atoms with E-state index in [-0.39, 0.29) is 5.92 Å². The molecule has 0 saturated heterocycles. The third-order valence-electron chi connectivity index (χ3n) is 4.30. The molecule has 0 spiro atoms. The zero-order chi connectivity index (χ0) is 14.4. The van der Waals surface area contributed by atoms with Gasteiger partial charge in [-0.2, -0.15) is 5.26 Å². The maximum absolute atomic E-state index is 12.0. The fraction of sp³-hybridized carbons (Fsp3) is 0.529. The van der Waals surface area contributed by atoms with E-state index in [2.05, 4.69) is 6.07 Å². The zero-order valence-electron chi connectivity index (χ0n) is 11.9. The SMILES string of the molecule is COC(=O)C(C#N)C(c1ccccc1)C1CCCCC1. The number of esters is 1. The van der Waals surface area contributed by atoms with Crippen LogP contribution in [0.25, 0.3) is 0 Å². The monoisotopic (exact) mass is 271 g/mol. The van der Waals surface area contributed by atoms with Gasteiger partial charge < -0.3 is 4.74 Å². The van der Waals surface area contributed by atoms with Crippen molar-refractivity contribution < 1.29 is 9.53 Å². The van der Waals surface area contributed by atoms with E-state index in [1.807, 2.05) is 30.3 Å². The van der Waals surface area contributed by atoms with Crippen LogP contribution >= 0.6 is 0 Å². The first-order valence-corrected chi connectivity index (χ1v) is 7.30. The van der Waals surface area contributed by atoms with Gasteiger partial charge >= 0.3 is 5.97 Å². The van der Waals surface area contributed by atoms with Crippen molar-refractivity contribution in [2.75, 3.05) is 7.11 Å². The molecule has 0 aromatic heterocycles. The average Bonchev–Trinajstić information content (AvgIpc) is 2.53. The van der Waals surface area contributed by atoms with E-state index >= 15 is 0 Å². The number of nitriles is 1. The lowest BCUT2D eigenvalue weighted by molar-refractivity contribution is -0.144. The van der Waals surface area contributed by atoms with Crippen LogP contribution in [-0.4, -0.2) is 13.1 Å². The molecule has 20 heavy (non-hydrogen) atoms. The van der Waals surface area contributed by atoms with Gasteiger partial charge in [-0.15, -0.1) is 0 Å². The van der Waals surface area contributed by atoms with E-state index in [9.17, 15) is 10.1 Å². The molecule has 0 heterocycles. The van der Waals surface area contributed by atoms with Crippen LogP contribution in [0.3, 0.4) is 0 Å². The maximum atomic E-state index is 12.0. The number of carbonyl (C=O) groups excluding carboxylic acids is 1. The Morgan fingerprint density at radius 1 is 1.25 bits per heavy atom. The van der Waals surface area contributed by atoms with Crippen LogP contribution in [-0.2, 0) is 9.53 Å². The second-order valence-corrected chi connectivity index (χ2v) is 5.46. The van der Waals surface area contributed by atoms with Crippen LogP contribution in [0.4, 0.5) is 0 Å². The lowest BCUT2D eigenvalue weighted by Gasteiger charge is -2.32. The predicted octanol–water partition coefficient (Wildman–Crippen LogP) is 3.66. The molecule has 1 aromatic rings. The number of nitrogens with zero attached hydrogens (tertiary/aromatic N) is 1. The molecule has 1 fully saturated rings. The van der Waals surface area contributed by atoms with Gasteiger partial charge in [0, 0.05) is 5.92 Å². The molecule has 2 atom stereocenters. The molecule has 106 valence electrons. The van der Waals surface area contributed by atoms with Crippen molar-refractivity contribution in [1.29, 1.82) is 5.26 Å². The Bertz CT molecular complexity index is 472. The van der Waals surface area contributed by atoms with Crippen molar-refractivity contribution in [3.63, 3.8) is 0 Å². The van der Waals surface area contributed by atoms with E-state index in [1.165, 1.54) is 26.4 Å². The fourth-order valence-corrected chi connectivity index (χ4v) is 3.31. The van der Waals surface area contributed by atoms with Crippen LogP contribution in [0.1, 0.15) is 43.6 Å². The number of hydrogen-bond acceptors (Lipinski definition) is 3. The van der Waals surface area contributed by atoms with Crippen molar-refractivity contribution in [3.8, 4) is 6.07 Å². The Kier molecular flexibility index (Phi) is 5.17. The molecule has 0 bridgehead atoms. The van der Waals surface area contributed by atoms with Gasteiger partial charge in [0.1, 0.15) is 0 Å². The molecule has 2 rings (SSSR count). The number of rotatable bonds is 4. The Hall–Kier alpha value is -1.82. The smallest absolute Gasteiger partial charge is 0.323 e. The Labute approximate surface area is 120 Å². The summed E-state index contributed by atoms with van der Waals surface area (Å²) in [6.07, 6.45) is 5.82. The Morgan fingerprint density at radius 3 is 2.45 bits per heavy atom. The summed E-state index contributed by atoms with van der Waals surface area (Å²) in [4.78, 5) is 12.0. The number of ether oxygens (including phenoxy) is 1. The Balaban J connectivity index is 2.32. The highest BCUT2D eigenvalue weighted by atomic mass is 16.5. The normalized spacial score (nSPS) is 18.8. The molecule has 0 amide bonds. The van der Waals surface area contributed by atoms with E-state index in [4.69, 9.17) is 4.74 Å². The van der Waals surface area contributed by atoms with Crippen LogP contribution in [0.2, 0.25) is 0 Å². The molecule has 0 N–H and O–H groups in total. The third-order valence-corrected chi connectivity index (χ3v) is 4.30. The first-order valence-electron chi connectivity index (χ1n) is 7.30. The fourth-order valence-electron chi connectivity index (χ4n) is 3.31. The van der Waals surface area contributed by atoms with E-state index < -0.39 is 11.9 Å². The highest BCUT2D eigenvalue weighted by Crippen LogP contribution is 2.40. The van der Waals surface area contributed by atoms with Gasteiger partial charge in [-0.1, -0.05) is 49.6 Å². The molecule has 0 aliphatic heterocycles. The van der Waals surface area contributed by atoms with E-state index in [0.717, 1.165) is 18.4 Å². The van der Waals surface area contributed by atoms with Crippen molar-refractivity contribution in [1.82, 2.24) is 0 Å². The molecular formula is C17H21NO2. The van der Waals surface area contributed by atoms with Crippen molar-refractivity contribution >= 4 is 5.97 Å². The standard InChI is InChI=1S/C17H21NO2/c1-20-17(19)15(12-18)16(13-8-4-2-5-9-13)14-10-6-3-7-11-14/h2,4-5,8-9,14-16H,3,6-7,10-11H2,1H3. The van der Waals surface area contributed by atoms with Crippen molar-refractivity contribution in [2.24, 2.45) is 11.8 Å². The lowest BCUT2D eigenvalue weighted by Crippen LogP contribution is -2.29. The van der Waals surface area contributed by atoms with Crippen molar-refractivity contribution in [3.05, 3.63) is 35.9 Å². The highest BCUT2D eigenvalue weighted by molar-refractivity contribution is 5.76. The van der Waals surface area contributed by atoms with Crippen molar-refractivity contribution in [2.45, 2.75) is 38.0 Å². The summed E-state index contributed by atoms with van der Waals surface area (Å²) >= 11 is 0. The van der Waals surface area contributed by atoms with Crippen LogP contribution in [0, 0.1) is 23.2 Å². The topological polar surface area (TPSA) is 50.1 Å². The predicted molar refractivity (Wildman–Crippen MR) is 76.9 cm³/mol. The molecular weight excluding hydrogens is 250 g/mol. The summed E-state index contributed by atoms with van der Waals surface area (Å²) in [5, 5.41) is 9.44. The van der Waals surface area contributed by atoms with Gasteiger partial charge in [-0.25, -0.2) is 0 Å². The molecule has 0 radical (unpaired) electrons. The van der Waals surface area contributed by atoms with Gasteiger partial charge in [-0.05, 0) is 24.3 Å². The highest BCUT2D eigenvalue weighted by Gasteiger charge is 2.36. The number of methoxy groups -OCH3 is 1. The summed E-state index contributed by atoms with van der Waals surface area (Å²) in [6, 6.07) is 12.1. The molecule has 3 nitrogen and oxygen atoms in total. The number of benzene rings is 1. The largest absolute Gasteiger partial charge is 0.468 e. The lowest BCUT2D eigenvalue weighted by atomic mass is 9.71. The second-order valence-electron chi connectivity index (χ2n) is 5.46. The quantitative estimate of drug-likeness (QED) is 0.785. The second kappa shape index (κ2) is 7.09. The van der Waals surface area contributed by atoms with E-state index in [0.29, 0.717) is 5.92 Å². The van der Waals surface area contributed by atoms with E-state index in [1.54, 1.807) is 0 Å². The minimum atomic E-state index is -0.703. The molecule has 1 aliphatic carbocycles. The van der Waals surface area contributed by atoms with Gasteiger partial charge in [0.05, 0.1) is 13.2 Å². The van der Waals surface area contributed by atoms with Crippen LogP contribution in [0.5, 0.6) is 0 Å². The number of carbonyl (C=O) groups is 1. The zero-order valence-corrected chi connectivity index (χ0v) is 11.9. The Morgan fingerprint density at radius 2 is 1.90 bits per heavy atom. The minimum Gasteiger partial charge on any atom is -0.468 e. The van der Waals surface area contributed by atoms with Gasteiger partial charge in [0.15, 0.2) is 5.92 Å². The maximum Gasteiger partial charge on any atom is 0.323 e. The van der Waals surface area contributed by atoms with Gasteiger partial charge in [0.2, 0.25) is 0 Å². The first kappa shape index (κ1) is 14.6. The summed E-state index contributed by atoms with van der Waals surface area (Å²) in [6.45, 7) is 0. The van der Waals surface area contributed by atoms with Gasteiger partial charge in [0.25, 0.3) is 0 Å². The molecule has 3 heteroatoms. The van der Waals surface area contributed by atoms with Crippen LogP contribution < -0.4 is 0 Å². The van der Waals surface area contributed by atoms with Gasteiger partial charge in [-0.3, -0.25) is 4.79 Å². The first-order chi connectivity index (χ1) is 9.77. The molecule has 1 aromatic carbocycles. The molecule has 1 aliphatic rings. The minimum absolute atomic E-state index is 0.0473. The number of hydrogen-bond donors (Lipinski definition) is 0. The summed E-state index contributed by atoms with van der Waals surface area (Å²) in [5.74, 6) is -0.763. The summed E-state index contributed by atoms with van der Waals surface area (Å²) in [5.41, 5.74) is 1.08. The average molecular weight is 271 g/mol. The van der Waals surface area contributed by atoms with Crippen LogP contribution in [0.15, 0.2) is 30.3 Å². The third kappa shape index (κ3) is 3.19. The molecule has 2 unspecified atom stereocenters. The summed E-state index contributed by atoms with van der Waals surface area (Å²) in [7, 11) is 1.36. The summed E-state index contributed by atoms with van der Waals surface area (Å²) < 4.78 is 4.84. The molecule has 1 saturated carbocycles.